The second kappa shape index (κ2) is 10.7. The van der Waals surface area contributed by atoms with E-state index < -0.39 is 5.97 Å². The molecule has 0 N–H and O–H groups in total. The molecule has 1 fully saturated rings. The summed E-state index contributed by atoms with van der Waals surface area (Å²) in [5.41, 5.74) is 4.61. The largest absolute Gasteiger partial charge is 0.494 e. The van der Waals surface area contributed by atoms with Crippen LogP contribution in [0.3, 0.4) is 0 Å². The number of rotatable bonds is 7. The Morgan fingerprint density at radius 3 is 2.39 bits per heavy atom. The van der Waals surface area contributed by atoms with Crippen molar-refractivity contribution in [1.82, 2.24) is 4.90 Å². The van der Waals surface area contributed by atoms with Crippen molar-refractivity contribution in [3.05, 3.63) is 65.2 Å². The Hall–Kier alpha value is -3.28. The molecule has 0 unspecified atom stereocenters. The van der Waals surface area contributed by atoms with Gasteiger partial charge in [0, 0.05) is 37.9 Å². The van der Waals surface area contributed by atoms with Crippen LogP contribution in [0.5, 0.6) is 5.75 Å². The Morgan fingerprint density at radius 2 is 1.71 bits per heavy atom. The minimum absolute atomic E-state index is 0.163. The van der Waals surface area contributed by atoms with E-state index in [4.69, 9.17) is 9.47 Å². The van der Waals surface area contributed by atoms with Crippen molar-refractivity contribution < 1.29 is 19.1 Å². The first-order valence-corrected chi connectivity index (χ1v) is 10.6. The number of amides is 1. The van der Waals surface area contributed by atoms with Crippen molar-refractivity contribution in [2.45, 2.75) is 20.8 Å². The quantitative estimate of drug-likeness (QED) is 0.504. The first kappa shape index (κ1) is 22.4. The zero-order chi connectivity index (χ0) is 22.2. The number of aryl methyl sites for hydroxylation is 1. The van der Waals surface area contributed by atoms with Gasteiger partial charge in [0.05, 0.1) is 6.61 Å². The molecule has 3 rings (SSSR count). The highest BCUT2D eigenvalue weighted by Gasteiger charge is 2.22. The van der Waals surface area contributed by atoms with Gasteiger partial charge in [0.25, 0.3) is 5.91 Å². The van der Waals surface area contributed by atoms with Gasteiger partial charge in [-0.15, -0.1) is 0 Å². The molecule has 6 heteroatoms. The molecule has 1 heterocycles. The van der Waals surface area contributed by atoms with Crippen LogP contribution in [0.25, 0.3) is 6.08 Å². The van der Waals surface area contributed by atoms with Gasteiger partial charge in [0.15, 0.2) is 6.61 Å². The van der Waals surface area contributed by atoms with Crippen LogP contribution in [-0.2, 0) is 14.3 Å². The van der Waals surface area contributed by atoms with E-state index in [1.54, 1.807) is 11.0 Å². The van der Waals surface area contributed by atoms with Crippen LogP contribution in [0.4, 0.5) is 5.69 Å². The number of ether oxygens (including phenoxy) is 2. The maximum Gasteiger partial charge on any atom is 0.331 e. The molecule has 0 aliphatic carbocycles. The van der Waals surface area contributed by atoms with Gasteiger partial charge in [-0.2, -0.15) is 0 Å². The summed E-state index contributed by atoms with van der Waals surface area (Å²) in [6, 6.07) is 13.7. The Bertz CT molecular complexity index is 929. The molecule has 164 valence electrons. The molecule has 0 aromatic heterocycles. The average molecular weight is 423 g/mol. The zero-order valence-corrected chi connectivity index (χ0v) is 18.5. The number of carbonyl (C=O) groups is 2. The van der Waals surface area contributed by atoms with Crippen molar-refractivity contribution in [3.63, 3.8) is 0 Å². The highest BCUT2D eigenvalue weighted by molar-refractivity contribution is 5.89. The average Bonchev–Trinajstić information content (AvgIpc) is 2.79. The number of nitrogens with zero attached hydrogens (tertiary/aromatic N) is 2. The Labute approximate surface area is 184 Å². The molecule has 0 atom stereocenters. The zero-order valence-electron chi connectivity index (χ0n) is 18.5. The summed E-state index contributed by atoms with van der Waals surface area (Å²) in [6.45, 7) is 9.29. The summed E-state index contributed by atoms with van der Waals surface area (Å²) in [6.07, 6.45) is 2.99. The first-order chi connectivity index (χ1) is 15.0. The molecular weight excluding hydrogens is 392 g/mol. The molecule has 1 aliphatic heterocycles. The van der Waals surface area contributed by atoms with Crippen LogP contribution in [0, 0.1) is 13.8 Å². The Balaban J connectivity index is 1.43. The van der Waals surface area contributed by atoms with E-state index in [9.17, 15) is 9.59 Å². The number of hydrogen-bond acceptors (Lipinski definition) is 5. The van der Waals surface area contributed by atoms with E-state index in [1.807, 2.05) is 31.2 Å². The Morgan fingerprint density at radius 1 is 1.00 bits per heavy atom. The van der Waals surface area contributed by atoms with Crippen LogP contribution in [-0.4, -0.2) is 56.2 Å². The molecular formula is C25H30N2O4. The number of esters is 1. The predicted octanol–water partition coefficient (Wildman–Crippen LogP) is 3.61. The van der Waals surface area contributed by atoms with Crippen LogP contribution < -0.4 is 9.64 Å². The fraction of sp³-hybridized carbons (Fsp3) is 0.360. The summed E-state index contributed by atoms with van der Waals surface area (Å²) in [7, 11) is 0. The maximum absolute atomic E-state index is 12.4. The summed E-state index contributed by atoms with van der Waals surface area (Å²) in [5.74, 6) is 0.0881. The fourth-order valence-corrected chi connectivity index (χ4v) is 3.55. The standard InChI is InChI=1S/C25H30N2O4/c1-4-30-22-11-8-21(9-12-22)10-13-25(29)31-18-24(28)27-16-14-26(15-17-27)23-7-5-6-19(2)20(23)3/h5-13H,4,14-18H2,1-3H3/b13-10+. The van der Waals surface area contributed by atoms with Gasteiger partial charge in [-0.1, -0.05) is 24.3 Å². The number of hydrogen-bond donors (Lipinski definition) is 0. The number of anilines is 1. The predicted molar refractivity (Wildman–Crippen MR) is 122 cm³/mol. The fourth-order valence-electron chi connectivity index (χ4n) is 3.55. The minimum Gasteiger partial charge on any atom is -0.494 e. The molecule has 0 saturated carbocycles. The van der Waals surface area contributed by atoms with E-state index in [0.717, 1.165) is 24.4 Å². The lowest BCUT2D eigenvalue weighted by Crippen LogP contribution is -2.50. The van der Waals surface area contributed by atoms with Crippen molar-refractivity contribution in [3.8, 4) is 5.75 Å². The smallest absolute Gasteiger partial charge is 0.331 e. The summed E-state index contributed by atoms with van der Waals surface area (Å²) < 4.78 is 10.5. The minimum atomic E-state index is -0.531. The molecule has 2 aromatic rings. The van der Waals surface area contributed by atoms with E-state index in [0.29, 0.717) is 19.7 Å². The van der Waals surface area contributed by atoms with Gasteiger partial charge >= 0.3 is 5.97 Å². The van der Waals surface area contributed by atoms with E-state index in [1.165, 1.54) is 22.9 Å². The van der Waals surface area contributed by atoms with Crippen molar-refractivity contribution >= 4 is 23.6 Å². The number of carbonyl (C=O) groups excluding carboxylic acids is 2. The maximum atomic E-state index is 12.4. The lowest BCUT2D eigenvalue weighted by Gasteiger charge is -2.37. The molecule has 2 aromatic carbocycles. The van der Waals surface area contributed by atoms with Gasteiger partial charge in [-0.3, -0.25) is 4.79 Å². The SMILES string of the molecule is CCOc1ccc(/C=C/C(=O)OCC(=O)N2CCN(c3cccc(C)c3C)CC2)cc1. The van der Waals surface area contributed by atoms with Crippen LogP contribution in [0.15, 0.2) is 48.5 Å². The molecule has 31 heavy (non-hydrogen) atoms. The second-order valence-corrected chi connectivity index (χ2v) is 7.53. The van der Waals surface area contributed by atoms with E-state index in [2.05, 4.69) is 36.9 Å². The summed E-state index contributed by atoms with van der Waals surface area (Å²) >= 11 is 0. The van der Waals surface area contributed by atoms with Gasteiger partial charge in [-0.05, 0) is 61.7 Å². The molecule has 0 spiro atoms. The van der Waals surface area contributed by atoms with Crippen LogP contribution >= 0.6 is 0 Å². The number of benzene rings is 2. The molecule has 0 radical (unpaired) electrons. The van der Waals surface area contributed by atoms with Crippen molar-refractivity contribution in [1.29, 1.82) is 0 Å². The van der Waals surface area contributed by atoms with Gasteiger partial charge in [0.2, 0.25) is 0 Å². The second-order valence-electron chi connectivity index (χ2n) is 7.53. The lowest BCUT2D eigenvalue weighted by molar-refractivity contribution is -0.148. The van der Waals surface area contributed by atoms with Crippen LogP contribution in [0.2, 0.25) is 0 Å². The number of piperazine rings is 1. The normalized spacial score (nSPS) is 14.0. The Kier molecular flexibility index (Phi) is 7.70. The monoisotopic (exact) mass is 422 g/mol. The molecule has 1 saturated heterocycles. The molecule has 1 amide bonds. The highest BCUT2D eigenvalue weighted by Crippen LogP contribution is 2.23. The van der Waals surface area contributed by atoms with Gasteiger partial charge < -0.3 is 19.3 Å². The topological polar surface area (TPSA) is 59.1 Å². The third kappa shape index (κ3) is 6.10. The lowest BCUT2D eigenvalue weighted by atomic mass is 10.1. The van der Waals surface area contributed by atoms with Crippen molar-refractivity contribution in [2.75, 3.05) is 44.3 Å². The highest BCUT2D eigenvalue weighted by atomic mass is 16.5. The van der Waals surface area contributed by atoms with Crippen LogP contribution in [0.1, 0.15) is 23.6 Å². The molecule has 6 nitrogen and oxygen atoms in total. The first-order valence-electron chi connectivity index (χ1n) is 10.6. The van der Waals surface area contributed by atoms with Gasteiger partial charge in [-0.25, -0.2) is 4.79 Å². The third-order valence-electron chi connectivity index (χ3n) is 5.49. The van der Waals surface area contributed by atoms with E-state index in [-0.39, 0.29) is 12.5 Å². The summed E-state index contributed by atoms with van der Waals surface area (Å²) in [5, 5.41) is 0. The summed E-state index contributed by atoms with van der Waals surface area (Å²) in [4.78, 5) is 28.5. The molecule has 1 aliphatic rings. The van der Waals surface area contributed by atoms with Crippen molar-refractivity contribution in [2.24, 2.45) is 0 Å². The molecule has 0 bridgehead atoms. The van der Waals surface area contributed by atoms with E-state index >= 15 is 0 Å². The third-order valence-corrected chi connectivity index (χ3v) is 5.49. The van der Waals surface area contributed by atoms with Gasteiger partial charge in [0.1, 0.15) is 5.75 Å².